The van der Waals surface area contributed by atoms with Crippen molar-refractivity contribution in [3.05, 3.63) is 58.6 Å². The number of carbonyl (C=O) groups is 1. The van der Waals surface area contributed by atoms with Crippen LogP contribution in [-0.2, 0) is 4.79 Å². The van der Waals surface area contributed by atoms with Crippen LogP contribution in [0.1, 0.15) is 30.4 Å². The molecular weight excluding hydrogens is 346 g/mol. The zero-order valence-electron chi connectivity index (χ0n) is 14.9. The summed E-state index contributed by atoms with van der Waals surface area (Å²) >= 11 is 6.22. The van der Waals surface area contributed by atoms with Gasteiger partial charge in [0.2, 0.25) is 0 Å². The Kier molecular flexibility index (Phi) is 4.79. The van der Waals surface area contributed by atoms with Gasteiger partial charge < -0.3 is 0 Å². The molecule has 2 aliphatic rings. The average molecular weight is 368 g/mol. The van der Waals surface area contributed by atoms with Gasteiger partial charge in [0.15, 0.2) is 0 Å². The number of benzene rings is 2. The van der Waals surface area contributed by atoms with Crippen molar-refractivity contribution in [3.8, 4) is 0 Å². The number of amides is 1. The normalized spacial score (nSPS) is 19.2. The zero-order valence-corrected chi connectivity index (χ0v) is 15.7. The van der Waals surface area contributed by atoms with Crippen molar-refractivity contribution >= 4 is 34.6 Å². The maximum absolute atomic E-state index is 13.1. The monoisotopic (exact) mass is 367 g/mol. The molecule has 0 atom stereocenters. The molecule has 1 amide bonds. The SMILES string of the molecule is Cc1ccc(N=C2C(=O)N(CN3CCCCC3)c3ccccc32)cc1Cl. The van der Waals surface area contributed by atoms with E-state index in [0.29, 0.717) is 23.1 Å². The molecule has 1 saturated heterocycles. The van der Waals surface area contributed by atoms with Crippen LogP contribution in [-0.4, -0.2) is 36.3 Å². The van der Waals surface area contributed by atoms with Gasteiger partial charge in [0, 0.05) is 10.6 Å². The van der Waals surface area contributed by atoms with Crippen molar-refractivity contribution in [2.75, 3.05) is 24.7 Å². The highest BCUT2D eigenvalue weighted by Crippen LogP contribution is 2.32. The molecule has 0 aliphatic carbocycles. The highest BCUT2D eigenvalue weighted by Gasteiger charge is 2.34. The maximum atomic E-state index is 13.1. The predicted octanol–water partition coefficient (Wildman–Crippen LogP) is 4.56. The zero-order chi connectivity index (χ0) is 18.1. The summed E-state index contributed by atoms with van der Waals surface area (Å²) < 4.78 is 0. The molecule has 2 aromatic carbocycles. The Morgan fingerprint density at radius 2 is 1.85 bits per heavy atom. The van der Waals surface area contributed by atoms with Crippen LogP contribution < -0.4 is 4.90 Å². The molecule has 2 aliphatic heterocycles. The Morgan fingerprint density at radius 1 is 1.08 bits per heavy atom. The van der Waals surface area contributed by atoms with E-state index in [1.165, 1.54) is 19.3 Å². The Labute approximate surface area is 159 Å². The van der Waals surface area contributed by atoms with Crippen LogP contribution >= 0.6 is 11.6 Å². The first-order chi connectivity index (χ1) is 12.6. The van der Waals surface area contributed by atoms with Gasteiger partial charge in [-0.25, -0.2) is 4.99 Å². The number of hydrogen-bond acceptors (Lipinski definition) is 3. The predicted molar refractivity (Wildman–Crippen MR) is 107 cm³/mol. The number of halogens is 1. The highest BCUT2D eigenvalue weighted by molar-refractivity contribution is 6.54. The number of rotatable bonds is 3. The van der Waals surface area contributed by atoms with Crippen LogP contribution in [0.4, 0.5) is 11.4 Å². The second kappa shape index (κ2) is 7.22. The van der Waals surface area contributed by atoms with Crippen LogP contribution in [0.15, 0.2) is 47.5 Å². The number of anilines is 1. The van der Waals surface area contributed by atoms with Crippen molar-refractivity contribution in [2.45, 2.75) is 26.2 Å². The second-order valence-corrected chi connectivity index (χ2v) is 7.37. The summed E-state index contributed by atoms with van der Waals surface area (Å²) in [6.07, 6.45) is 3.68. The number of piperidine rings is 1. The minimum Gasteiger partial charge on any atom is -0.293 e. The van der Waals surface area contributed by atoms with Crippen molar-refractivity contribution in [1.29, 1.82) is 0 Å². The van der Waals surface area contributed by atoms with E-state index in [0.717, 1.165) is 29.9 Å². The van der Waals surface area contributed by atoms with E-state index in [1.807, 2.05) is 54.3 Å². The molecular formula is C21H22ClN3O. The number of para-hydroxylation sites is 1. The van der Waals surface area contributed by atoms with Crippen LogP contribution in [0.2, 0.25) is 5.02 Å². The highest BCUT2D eigenvalue weighted by atomic mass is 35.5. The van der Waals surface area contributed by atoms with Gasteiger partial charge in [0.1, 0.15) is 5.71 Å². The third-order valence-corrected chi connectivity index (χ3v) is 5.49. The Hall–Kier alpha value is -2.17. The number of likely N-dealkylation sites (tertiary alicyclic amines) is 1. The van der Waals surface area contributed by atoms with Gasteiger partial charge in [-0.05, 0) is 56.6 Å². The molecule has 26 heavy (non-hydrogen) atoms. The maximum Gasteiger partial charge on any atom is 0.278 e. The lowest BCUT2D eigenvalue weighted by molar-refractivity contribution is -0.112. The third kappa shape index (κ3) is 3.27. The lowest BCUT2D eigenvalue weighted by Crippen LogP contribution is -2.43. The van der Waals surface area contributed by atoms with Crippen molar-refractivity contribution in [3.63, 3.8) is 0 Å². The van der Waals surface area contributed by atoms with E-state index in [-0.39, 0.29) is 5.91 Å². The summed E-state index contributed by atoms with van der Waals surface area (Å²) in [4.78, 5) is 22.0. The van der Waals surface area contributed by atoms with E-state index < -0.39 is 0 Å². The minimum atomic E-state index is -0.0338. The minimum absolute atomic E-state index is 0.0338. The van der Waals surface area contributed by atoms with Gasteiger partial charge in [-0.3, -0.25) is 14.6 Å². The molecule has 0 saturated carbocycles. The number of fused-ring (bicyclic) bond motifs is 1. The Balaban J connectivity index is 1.68. The largest absolute Gasteiger partial charge is 0.293 e. The van der Waals surface area contributed by atoms with Crippen LogP contribution in [0.3, 0.4) is 0 Å². The van der Waals surface area contributed by atoms with Crippen molar-refractivity contribution in [1.82, 2.24) is 4.90 Å². The quantitative estimate of drug-likeness (QED) is 0.797. The molecule has 0 bridgehead atoms. The molecule has 0 spiro atoms. The molecule has 2 heterocycles. The molecule has 0 aromatic heterocycles. The second-order valence-electron chi connectivity index (χ2n) is 6.96. The molecule has 1 fully saturated rings. The van der Waals surface area contributed by atoms with Crippen LogP contribution in [0.25, 0.3) is 0 Å². The van der Waals surface area contributed by atoms with E-state index in [9.17, 15) is 4.79 Å². The molecule has 0 unspecified atom stereocenters. The van der Waals surface area contributed by atoms with Gasteiger partial charge in [-0.2, -0.15) is 0 Å². The molecule has 5 heteroatoms. The van der Waals surface area contributed by atoms with Gasteiger partial charge in [-0.1, -0.05) is 42.3 Å². The summed E-state index contributed by atoms with van der Waals surface area (Å²) in [7, 11) is 0. The van der Waals surface area contributed by atoms with Crippen LogP contribution in [0, 0.1) is 6.92 Å². The number of aryl methyl sites for hydroxylation is 1. The molecule has 4 rings (SSSR count). The first-order valence-corrected chi connectivity index (χ1v) is 9.50. The Morgan fingerprint density at radius 3 is 2.62 bits per heavy atom. The smallest absolute Gasteiger partial charge is 0.278 e. The molecule has 4 nitrogen and oxygen atoms in total. The number of carbonyl (C=O) groups excluding carboxylic acids is 1. The third-order valence-electron chi connectivity index (χ3n) is 5.08. The fourth-order valence-electron chi connectivity index (χ4n) is 3.59. The summed E-state index contributed by atoms with van der Waals surface area (Å²) in [5.74, 6) is -0.0338. The standard InChI is InChI=1S/C21H22ClN3O/c1-15-9-10-16(13-18(15)22)23-20-17-7-3-4-8-19(17)25(21(20)26)14-24-11-5-2-6-12-24/h3-4,7-10,13H,2,5-6,11-12,14H2,1H3. The molecule has 0 radical (unpaired) electrons. The van der Waals surface area contributed by atoms with Gasteiger partial charge in [0.25, 0.3) is 5.91 Å². The van der Waals surface area contributed by atoms with E-state index in [1.54, 1.807) is 0 Å². The van der Waals surface area contributed by atoms with Gasteiger partial charge in [0.05, 0.1) is 18.0 Å². The van der Waals surface area contributed by atoms with E-state index in [2.05, 4.69) is 9.89 Å². The fraction of sp³-hybridized carbons (Fsp3) is 0.333. The summed E-state index contributed by atoms with van der Waals surface area (Å²) in [6.45, 7) is 4.68. The first kappa shape index (κ1) is 17.3. The van der Waals surface area contributed by atoms with E-state index in [4.69, 9.17) is 11.6 Å². The fourth-order valence-corrected chi connectivity index (χ4v) is 3.77. The lowest BCUT2D eigenvalue weighted by Gasteiger charge is -2.30. The Bertz CT molecular complexity index is 871. The molecule has 2 aromatic rings. The first-order valence-electron chi connectivity index (χ1n) is 9.12. The summed E-state index contributed by atoms with van der Waals surface area (Å²) in [5, 5.41) is 0.663. The average Bonchev–Trinajstić information content (AvgIpc) is 2.92. The van der Waals surface area contributed by atoms with Gasteiger partial charge in [-0.15, -0.1) is 0 Å². The molecule has 0 N–H and O–H groups in total. The van der Waals surface area contributed by atoms with Crippen molar-refractivity contribution < 1.29 is 4.79 Å². The van der Waals surface area contributed by atoms with Crippen LogP contribution in [0.5, 0.6) is 0 Å². The van der Waals surface area contributed by atoms with Crippen molar-refractivity contribution in [2.24, 2.45) is 4.99 Å². The molecule has 134 valence electrons. The lowest BCUT2D eigenvalue weighted by atomic mass is 10.1. The summed E-state index contributed by atoms with van der Waals surface area (Å²) in [5.41, 5.74) is 4.04. The number of aliphatic imine (C=N–C) groups is 1. The summed E-state index contributed by atoms with van der Waals surface area (Å²) in [6, 6.07) is 13.5. The number of hydrogen-bond donors (Lipinski definition) is 0. The number of nitrogens with zero attached hydrogens (tertiary/aromatic N) is 3. The topological polar surface area (TPSA) is 35.9 Å². The van der Waals surface area contributed by atoms with E-state index >= 15 is 0 Å². The van der Waals surface area contributed by atoms with Gasteiger partial charge >= 0.3 is 0 Å².